The van der Waals surface area contributed by atoms with Gasteiger partial charge in [0.1, 0.15) is 0 Å². The summed E-state index contributed by atoms with van der Waals surface area (Å²) >= 11 is 0. The molecule has 0 atom stereocenters. The Morgan fingerprint density at radius 1 is 0.939 bits per heavy atom. The zero-order chi connectivity index (χ0) is 23.0. The summed E-state index contributed by atoms with van der Waals surface area (Å²) in [6.07, 6.45) is 1.45. The van der Waals surface area contributed by atoms with Gasteiger partial charge in [-0.05, 0) is 47.5 Å². The number of hydrogen-bond acceptors (Lipinski definition) is 6. The minimum Gasteiger partial charge on any atom is -0.369 e. The van der Waals surface area contributed by atoms with E-state index in [0.29, 0.717) is 11.1 Å². The topological polar surface area (TPSA) is 91.1 Å². The molecule has 0 aromatic heterocycles. The number of nitro groups is 1. The maximum Gasteiger partial charge on any atom is 0.271 e. The largest absolute Gasteiger partial charge is 0.369 e. The molecular weight excluding hydrogens is 418 g/mol. The molecule has 0 saturated carbocycles. The number of amides is 1. The van der Waals surface area contributed by atoms with E-state index in [1.165, 1.54) is 24.0 Å². The number of rotatable bonds is 7. The van der Waals surface area contributed by atoms with Gasteiger partial charge in [-0.2, -0.15) is 5.10 Å². The Bertz CT molecular complexity index is 1110. The third-order valence-electron chi connectivity index (χ3n) is 5.60. The van der Waals surface area contributed by atoms with Crippen molar-refractivity contribution in [1.82, 2.24) is 10.3 Å². The van der Waals surface area contributed by atoms with Crippen molar-refractivity contribution in [2.24, 2.45) is 5.10 Å². The first-order valence-electron chi connectivity index (χ1n) is 10.8. The van der Waals surface area contributed by atoms with Crippen LogP contribution in [0, 0.1) is 10.1 Å². The lowest BCUT2D eigenvalue weighted by Crippen LogP contribution is -2.45. The lowest BCUT2D eigenvalue weighted by atomic mass is 10.1. The average Bonchev–Trinajstić information content (AvgIpc) is 2.86. The molecule has 1 saturated heterocycles. The summed E-state index contributed by atoms with van der Waals surface area (Å²) in [5, 5.41) is 14.6. The second-order valence-corrected chi connectivity index (χ2v) is 7.84. The molecule has 0 spiro atoms. The fourth-order valence-corrected chi connectivity index (χ4v) is 3.73. The molecule has 1 fully saturated rings. The Hall–Kier alpha value is -4.04. The van der Waals surface area contributed by atoms with Gasteiger partial charge in [0.15, 0.2) is 0 Å². The van der Waals surface area contributed by atoms with Gasteiger partial charge in [-0.15, -0.1) is 0 Å². The van der Waals surface area contributed by atoms with Crippen molar-refractivity contribution in [3.05, 3.63) is 106 Å². The fourth-order valence-electron chi connectivity index (χ4n) is 3.73. The number of hydrogen-bond donors (Lipinski definition) is 1. The van der Waals surface area contributed by atoms with E-state index in [1.54, 1.807) is 24.3 Å². The molecule has 3 aromatic rings. The highest BCUT2D eigenvalue weighted by atomic mass is 16.6. The number of carbonyl (C=O) groups excluding carboxylic acids is 1. The van der Waals surface area contributed by atoms with Crippen LogP contribution >= 0.6 is 0 Å². The number of para-hydroxylation sites is 1. The van der Waals surface area contributed by atoms with Crippen LogP contribution in [-0.2, 0) is 6.54 Å². The number of nitrogens with one attached hydrogen (secondary N) is 1. The van der Waals surface area contributed by atoms with Crippen molar-refractivity contribution >= 4 is 23.5 Å². The van der Waals surface area contributed by atoms with Gasteiger partial charge >= 0.3 is 0 Å². The SMILES string of the molecule is O=C(NN=Cc1ccc([N+](=O)[O-])cc1)c1ccc(CN2CCN(c3ccccc3)CC2)cc1. The number of carbonyl (C=O) groups is 1. The minimum absolute atomic E-state index is 0.00866. The van der Waals surface area contributed by atoms with Crippen LogP contribution in [0.3, 0.4) is 0 Å². The second kappa shape index (κ2) is 10.5. The quantitative estimate of drug-likeness (QED) is 0.342. The van der Waals surface area contributed by atoms with Crippen LogP contribution in [0.4, 0.5) is 11.4 Å². The summed E-state index contributed by atoms with van der Waals surface area (Å²) in [6.45, 7) is 4.83. The predicted molar refractivity (Wildman–Crippen MR) is 129 cm³/mol. The Morgan fingerprint density at radius 2 is 1.61 bits per heavy atom. The molecule has 0 bridgehead atoms. The lowest BCUT2D eigenvalue weighted by molar-refractivity contribution is -0.384. The van der Waals surface area contributed by atoms with Crippen molar-refractivity contribution in [1.29, 1.82) is 0 Å². The third kappa shape index (κ3) is 6.02. The highest BCUT2D eigenvalue weighted by molar-refractivity contribution is 5.94. The van der Waals surface area contributed by atoms with Crippen LogP contribution in [-0.4, -0.2) is 48.1 Å². The Kier molecular flexibility index (Phi) is 7.06. The van der Waals surface area contributed by atoms with Crippen LogP contribution in [0.2, 0.25) is 0 Å². The van der Waals surface area contributed by atoms with Gasteiger partial charge in [0, 0.05) is 56.1 Å². The number of non-ortho nitro benzene ring substituents is 1. The van der Waals surface area contributed by atoms with E-state index < -0.39 is 4.92 Å². The lowest BCUT2D eigenvalue weighted by Gasteiger charge is -2.36. The number of benzene rings is 3. The summed E-state index contributed by atoms with van der Waals surface area (Å²) < 4.78 is 0. The number of hydrazone groups is 1. The molecule has 33 heavy (non-hydrogen) atoms. The highest BCUT2D eigenvalue weighted by Gasteiger charge is 2.17. The van der Waals surface area contributed by atoms with Crippen molar-refractivity contribution in [3.8, 4) is 0 Å². The number of piperazine rings is 1. The summed E-state index contributed by atoms with van der Waals surface area (Å²) in [5.74, 6) is -0.309. The Morgan fingerprint density at radius 3 is 2.24 bits per heavy atom. The molecular formula is C25H25N5O3. The smallest absolute Gasteiger partial charge is 0.271 e. The van der Waals surface area contributed by atoms with E-state index in [0.717, 1.165) is 38.3 Å². The van der Waals surface area contributed by atoms with Gasteiger partial charge in [0.05, 0.1) is 11.1 Å². The second-order valence-electron chi connectivity index (χ2n) is 7.84. The third-order valence-corrected chi connectivity index (χ3v) is 5.60. The molecule has 1 amide bonds. The molecule has 1 N–H and O–H groups in total. The molecule has 1 aliphatic rings. The van der Waals surface area contributed by atoms with Crippen molar-refractivity contribution in [3.63, 3.8) is 0 Å². The first-order valence-corrected chi connectivity index (χ1v) is 10.8. The van der Waals surface area contributed by atoms with E-state index in [4.69, 9.17) is 0 Å². The van der Waals surface area contributed by atoms with E-state index in [2.05, 4.69) is 44.6 Å². The Balaban J connectivity index is 1.25. The fraction of sp³-hybridized carbons (Fsp3) is 0.200. The highest BCUT2D eigenvalue weighted by Crippen LogP contribution is 2.17. The summed E-state index contributed by atoms with van der Waals surface area (Å²) in [5.41, 5.74) is 6.10. The van der Waals surface area contributed by atoms with Crippen LogP contribution < -0.4 is 10.3 Å². The molecule has 4 rings (SSSR count). The molecule has 8 nitrogen and oxygen atoms in total. The monoisotopic (exact) mass is 443 g/mol. The van der Waals surface area contributed by atoms with Crippen LogP contribution in [0.25, 0.3) is 0 Å². The first-order chi connectivity index (χ1) is 16.1. The predicted octanol–water partition coefficient (Wildman–Crippen LogP) is 3.68. The maximum absolute atomic E-state index is 12.3. The molecule has 1 aliphatic heterocycles. The zero-order valence-corrected chi connectivity index (χ0v) is 18.1. The molecule has 0 radical (unpaired) electrons. The van der Waals surface area contributed by atoms with Gasteiger partial charge in [-0.25, -0.2) is 5.43 Å². The molecule has 8 heteroatoms. The van der Waals surface area contributed by atoms with E-state index in [1.807, 2.05) is 18.2 Å². The van der Waals surface area contributed by atoms with E-state index in [9.17, 15) is 14.9 Å². The first kappa shape index (κ1) is 22.2. The van der Waals surface area contributed by atoms with Gasteiger partial charge in [0.25, 0.3) is 11.6 Å². The van der Waals surface area contributed by atoms with Gasteiger partial charge in [-0.3, -0.25) is 19.8 Å². The van der Waals surface area contributed by atoms with Crippen LogP contribution in [0.15, 0.2) is 84.0 Å². The summed E-state index contributed by atoms with van der Waals surface area (Å²) in [6, 6.07) is 23.9. The summed E-state index contributed by atoms with van der Waals surface area (Å²) in [4.78, 5) is 27.4. The van der Waals surface area contributed by atoms with Crippen molar-refractivity contribution < 1.29 is 9.72 Å². The molecule has 168 valence electrons. The maximum atomic E-state index is 12.3. The van der Waals surface area contributed by atoms with Gasteiger partial charge < -0.3 is 4.90 Å². The minimum atomic E-state index is -0.461. The van der Waals surface area contributed by atoms with E-state index in [-0.39, 0.29) is 11.6 Å². The molecule has 0 unspecified atom stereocenters. The Labute approximate surface area is 192 Å². The zero-order valence-electron chi connectivity index (χ0n) is 18.1. The number of anilines is 1. The van der Waals surface area contributed by atoms with Crippen molar-refractivity contribution in [2.75, 3.05) is 31.1 Å². The number of nitro benzene ring substituents is 1. The van der Waals surface area contributed by atoms with Crippen LogP contribution in [0.1, 0.15) is 21.5 Å². The molecule has 3 aromatic carbocycles. The average molecular weight is 444 g/mol. The molecule has 0 aliphatic carbocycles. The number of nitrogens with zero attached hydrogens (tertiary/aromatic N) is 4. The standard InChI is InChI=1S/C25H25N5O3/c31-25(27-26-18-20-8-12-24(13-9-20)30(32)33)22-10-6-21(7-11-22)19-28-14-16-29(17-15-28)23-4-2-1-3-5-23/h1-13,18H,14-17,19H2,(H,27,31). The van der Waals surface area contributed by atoms with Gasteiger partial charge in [-0.1, -0.05) is 30.3 Å². The normalized spacial score (nSPS) is 14.4. The van der Waals surface area contributed by atoms with Gasteiger partial charge in [0.2, 0.25) is 0 Å². The molecule has 1 heterocycles. The summed E-state index contributed by atoms with van der Waals surface area (Å²) in [7, 11) is 0. The van der Waals surface area contributed by atoms with Crippen molar-refractivity contribution in [2.45, 2.75) is 6.54 Å². The van der Waals surface area contributed by atoms with E-state index >= 15 is 0 Å². The van der Waals surface area contributed by atoms with Crippen LogP contribution in [0.5, 0.6) is 0 Å².